The summed E-state index contributed by atoms with van der Waals surface area (Å²) < 4.78 is 0. The Morgan fingerprint density at radius 3 is 2.83 bits per heavy atom. The molecule has 18 heavy (non-hydrogen) atoms. The van der Waals surface area contributed by atoms with Crippen molar-refractivity contribution in [3.05, 3.63) is 11.6 Å². The van der Waals surface area contributed by atoms with Crippen molar-refractivity contribution in [2.24, 2.45) is 5.41 Å². The van der Waals surface area contributed by atoms with E-state index in [-0.39, 0.29) is 5.41 Å². The maximum absolute atomic E-state index is 12.3. The van der Waals surface area contributed by atoms with E-state index >= 15 is 0 Å². The zero-order valence-electron chi connectivity index (χ0n) is 11.6. The highest BCUT2D eigenvalue weighted by molar-refractivity contribution is 5.82. The van der Waals surface area contributed by atoms with Gasteiger partial charge in [0.2, 0.25) is 5.91 Å². The molecule has 3 nitrogen and oxygen atoms in total. The number of carbonyl (C=O) groups excluding carboxylic acids is 1. The van der Waals surface area contributed by atoms with Gasteiger partial charge in [-0.3, -0.25) is 4.79 Å². The number of hydrogen-bond donors (Lipinski definition) is 2. The van der Waals surface area contributed by atoms with E-state index in [2.05, 4.69) is 23.6 Å². The Bertz CT molecular complexity index is 316. The molecule has 2 aliphatic rings. The standard InChI is InChI=1S/C15H26N2O/c1-2-15(8-3-4-9-15)14(18)17-12-7-13-5-10-16-11-6-13/h5,16H,2-4,6-12H2,1H3,(H,17,18). The number of nitrogens with one attached hydrogen (secondary N) is 2. The molecule has 1 heterocycles. The van der Waals surface area contributed by atoms with Gasteiger partial charge in [0, 0.05) is 18.5 Å². The largest absolute Gasteiger partial charge is 0.355 e. The zero-order chi connectivity index (χ0) is 12.8. The predicted octanol–water partition coefficient (Wildman–Crippen LogP) is 2.38. The summed E-state index contributed by atoms with van der Waals surface area (Å²) in [6, 6.07) is 0. The highest BCUT2D eigenvalue weighted by atomic mass is 16.2. The molecule has 0 aromatic heterocycles. The quantitative estimate of drug-likeness (QED) is 0.736. The van der Waals surface area contributed by atoms with Gasteiger partial charge in [-0.25, -0.2) is 0 Å². The Balaban J connectivity index is 1.75. The molecule has 0 spiro atoms. The highest BCUT2D eigenvalue weighted by Gasteiger charge is 2.38. The number of amides is 1. The van der Waals surface area contributed by atoms with Gasteiger partial charge >= 0.3 is 0 Å². The lowest BCUT2D eigenvalue weighted by Gasteiger charge is -2.26. The number of hydrogen-bond acceptors (Lipinski definition) is 2. The van der Waals surface area contributed by atoms with Gasteiger partial charge in [-0.1, -0.05) is 31.4 Å². The Hall–Kier alpha value is -0.830. The van der Waals surface area contributed by atoms with Gasteiger partial charge in [0.25, 0.3) is 0 Å². The molecular formula is C15H26N2O. The molecule has 0 aromatic carbocycles. The maximum Gasteiger partial charge on any atom is 0.226 e. The van der Waals surface area contributed by atoms with E-state index in [1.807, 2.05) is 0 Å². The van der Waals surface area contributed by atoms with Crippen LogP contribution in [0.2, 0.25) is 0 Å². The van der Waals surface area contributed by atoms with Crippen LogP contribution >= 0.6 is 0 Å². The zero-order valence-corrected chi connectivity index (χ0v) is 11.6. The molecule has 2 rings (SSSR count). The summed E-state index contributed by atoms with van der Waals surface area (Å²) in [4.78, 5) is 12.3. The lowest BCUT2D eigenvalue weighted by Crippen LogP contribution is -2.39. The van der Waals surface area contributed by atoms with Crippen LogP contribution in [0.3, 0.4) is 0 Å². The third-order valence-corrected chi connectivity index (χ3v) is 4.61. The molecule has 102 valence electrons. The molecule has 1 aliphatic carbocycles. The predicted molar refractivity (Wildman–Crippen MR) is 74.4 cm³/mol. The van der Waals surface area contributed by atoms with Crippen LogP contribution in [0, 0.1) is 5.41 Å². The minimum atomic E-state index is -0.0392. The van der Waals surface area contributed by atoms with Gasteiger partial charge in [0.15, 0.2) is 0 Å². The third-order valence-electron chi connectivity index (χ3n) is 4.61. The Labute approximate surface area is 110 Å². The molecule has 0 atom stereocenters. The van der Waals surface area contributed by atoms with Gasteiger partial charge in [-0.2, -0.15) is 0 Å². The average Bonchev–Trinajstić information content (AvgIpc) is 2.90. The fourth-order valence-electron chi connectivity index (χ4n) is 3.21. The van der Waals surface area contributed by atoms with Gasteiger partial charge in [0.1, 0.15) is 0 Å². The Kier molecular flexibility index (Phi) is 4.81. The van der Waals surface area contributed by atoms with Gasteiger partial charge in [0.05, 0.1) is 0 Å². The first kappa shape index (κ1) is 13.6. The van der Waals surface area contributed by atoms with E-state index in [0.717, 1.165) is 51.7 Å². The SMILES string of the molecule is CCC1(C(=O)NCCC2=CCNCC2)CCCC1. The molecule has 1 amide bonds. The average molecular weight is 250 g/mol. The van der Waals surface area contributed by atoms with Crippen LogP contribution < -0.4 is 10.6 Å². The minimum absolute atomic E-state index is 0.0392. The van der Waals surface area contributed by atoms with Gasteiger partial charge < -0.3 is 10.6 Å². The van der Waals surface area contributed by atoms with E-state index < -0.39 is 0 Å². The first-order valence-corrected chi connectivity index (χ1v) is 7.44. The molecule has 1 fully saturated rings. The molecule has 0 saturated heterocycles. The van der Waals surface area contributed by atoms with Crippen LogP contribution in [0.15, 0.2) is 11.6 Å². The molecule has 0 radical (unpaired) electrons. The summed E-state index contributed by atoms with van der Waals surface area (Å²) in [5.41, 5.74) is 1.45. The van der Waals surface area contributed by atoms with E-state index in [0.29, 0.717) is 5.91 Å². The monoisotopic (exact) mass is 250 g/mol. The molecule has 1 aliphatic heterocycles. The smallest absolute Gasteiger partial charge is 0.226 e. The van der Waals surface area contributed by atoms with Crippen LogP contribution in [0.5, 0.6) is 0 Å². The van der Waals surface area contributed by atoms with Crippen molar-refractivity contribution in [2.75, 3.05) is 19.6 Å². The van der Waals surface area contributed by atoms with E-state index in [4.69, 9.17) is 0 Å². The van der Waals surface area contributed by atoms with Crippen molar-refractivity contribution in [3.63, 3.8) is 0 Å². The second kappa shape index (κ2) is 6.37. The number of carbonyl (C=O) groups is 1. The minimum Gasteiger partial charge on any atom is -0.355 e. The van der Waals surface area contributed by atoms with Crippen LogP contribution in [-0.4, -0.2) is 25.5 Å². The molecule has 3 heteroatoms. The number of rotatable bonds is 5. The first-order valence-electron chi connectivity index (χ1n) is 7.44. The van der Waals surface area contributed by atoms with Gasteiger partial charge in [-0.05, 0) is 38.6 Å². The van der Waals surface area contributed by atoms with Gasteiger partial charge in [-0.15, -0.1) is 0 Å². The summed E-state index contributed by atoms with van der Waals surface area (Å²) >= 11 is 0. The highest BCUT2D eigenvalue weighted by Crippen LogP contribution is 2.41. The molecule has 1 saturated carbocycles. The van der Waals surface area contributed by atoms with Crippen molar-refractivity contribution >= 4 is 5.91 Å². The molecule has 0 unspecified atom stereocenters. The summed E-state index contributed by atoms with van der Waals surface area (Å²) in [7, 11) is 0. The van der Waals surface area contributed by atoms with E-state index in [1.165, 1.54) is 18.4 Å². The lowest BCUT2D eigenvalue weighted by atomic mass is 9.82. The fourth-order valence-corrected chi connectivity index (χ4v) is 3.21. The molecule has 0 aromatic rings. The molecule has 2 N–H and O–H groups in total. The molecular weight excluding hydrogens is 224 g/mol. The van der Waals surface area contributed by atoms with Crippen molar-refractivity contribution in [3.8, 4) is 0 Å². The summed E-state index contributed by atoms with van der Waals surface area (Å²) in [5, 5.41) is 6.47. The summed E-state index contributed by atoms with van der Waals surface area (Å²) in [6.45, 7) is 5.04. The van der Waals surface area contributed by atoms with Crippen molar-refractivity contribution in [1.29, 1.82) is 0 Å². The third kappa shape index (κ3) is 3.14. The van der Waals surface area contributed by atoms with E-state index in [9.17, 15) is 4.79 Å². The van der Waals surface area contributed by atoms with Crippen molar-refractivity contribution < 1.29 is 4.79 Å². The lowest BCUT2D eigenvalue weighted by molar-refractivity contribution is -0.131. The van der Waals surface area contributed by atoms with Crippen LogP contribution in [-0.2, 0) is 4.79 Å². The second-order valence-electron chi connectivity index (χ2n) is 5.66. The normalized spacial score (nSPS) is 22.6. The first-order chi connectivity index (χ1) is 8.77. The maximum atomic E-state index is 12.3. The Morgan fingerprint density at radius 2 is 2.22 bits per heavy atom. The van der Waals surface area contributed by atoms with E-state index in [1.54, 1.807) is 0 Å². The second-order valence-corrected chi connectivity index (χ2v) is 5.66. The van der Waals surface area contributed by atoms with Crippen LogP contribution in [0.25, 0.3) is 0 Å². The Morgan fingerprint density at radius 1 is 1.44 bits per heavy atom. The summed E-state index contributed by atoms with van der Waals surface area (Å²) in [5.74, 6) is 0.303. The topological polar surface area (TPSA) is 41.1 Å². The van der Waals surface area contributed by atoms with Crippen molar-refractivity contribution in [2.45, 2.75) is 51.9 Å². The van der Waals surface area contributed by atoms with Crippen molar-refractivity contribution in [1.82, 2.24) is 10.6 Å². The summed E-state index contributed by atoms with van der Waals surface area (Å²) in [6.07, 6.45) is 10.0. The fraction of sp³-hybridized carbons (Fsp3) is 0.800. The molecule has 0 bridgehead atoms. The van der Waals surface area contributed by atoms with Crippen LogP contribution in [0.4, 0.5) is 0 Å². The van der Waals surface area contributed by atoms with Crippen LogP contribution in [0.1, 0.15) is 51.9 Å².